The van der Waals surface area contributed by atoms with Crippen LogP contribution in [0, 0.1) is 0 Å². The molecule has 7 nitrogen and oxygen atoms in total. The van der Waals surface area contributed by atoms with E-state index in [2.05, 4.69) is 20.7 Å². The number of carbonyl (C=O) groups is 1. The molecule has 0 aliphatic heterocycles. The number of carbonyl (C=O) groups excluding carboxylic acids is 1. The second-order valence-electron chi connectivity index (χ2n) is 5.86. The van der Waals surface area contributed by atoms with E-state index < -0.39 is 17.6 Å². The summed E-state index contributed by atoms with van der Waals surface area (Å²) in [6.07, 6.45) is -2.89. The van der Waals surface area contributed by atoms with Gasteiger partial charge in [-0.2, -0.15) is 13.2 Å². The summed E-state index contributed by atoms with van der Waals surface area (Å²) in [5.74, 6) is 0.651. The van der Waals surface area contributed by atoms with E-state index in [9.17, 15) is 18.0 Å². The fraction of sp³-hybridized carbons (Fsp3) is 0.111. The molecule has 4 rings (SSSR count). The van der Waals surface area contributed by atoms with Crippen LogP contribution >= 0.6 is 23.1 Å². The molecule has 0 fully saturated rings. The predicted molar refractivity (Wildman–Crippen MR) is 103 cm³/mol. The van der Waals surface area contributed by atoms with Gasteiger partial charge in [0, 0.05) is 11.8 Å². The quantitative estimate of drug-likeness (QED) is 0.311. The molecule has 30 heavy (non-hydrogen) atoms. The van der Waals surface area contributed by atoms with Crippen LogP contribution in [0.4, 0.5) is 18.3 Å². The molecule has 0 radical (unpaired) electrons. The van der Waals surface area contributed by atoms with Gasteiger partial charge in [0.15, 0.2) is 15.8 Å². The predicted octanol–water partition coefficient (Wildman–Crippen LogP) is 5.35. The Balaban J connectivity index is 1.33. The van der Waals surface area contributed by atoms with Crippen LogP contribution in [0.2, 0.25) is 0 Å². The minimum atomic E-state index is -4.36. The summed E-state index contributed by atoms with van der Waals surface area (Å²) in [5.41, 5.74) is 0.0672. The second-order valence-corrected chi connectivity index (χ2v) is 8.06. The highest BCUT2D eigenvalue weighted by Crippen LogP contribution is 2.32. The number of furan rings is 1. The Morgan fingerprint density at radius 3 is 2.63 bits per heavy atom. The number of hydrogen-bond donors (Lipinski definition) is 1. The molecule has 0 atom stereocenters. The number of thioether (sulfide) groups is 1. The third kappa shape index (κ3) is 4.71. The van der Waals surface area contributed by atoms with Crippen molar-refractivity contribution in [2.75, 3.05) is 5.32 Å². The highest BCUT2D eigenvalue weighted by Gasteiger charge is 2.29. The van der Waals surface area contributed by atoms with Gasteiger partial charge in [-0.05, 0) is 29.8 Å². The van der Waals surface area contributed by atoms with Crippen LogP contribution in [0.15, 0.2) is 62.0 Å². The number of alkyl halides is 3. The number of benzene rings is 1. The molecule has 0 spiro atoms. The zero-order valence-electron chi connectivity index (χ0n) is 14.8. The fourth-order valence-electron chi connectivity index (χ4n) is 2.33. The monoisotopic (exact) mass is 452 g/mol. The molecule has 0 unspecified atom stereocenters. The van der Waals surface area contributed by atoms with E-state index >= 15 is 0 Å². The van der Waals surface area contributed by atoms with Gasteiger partial charge < -0.3 is 8.94 Å². The maximum absolute atomic E-state index is 12.6. The van der Waals surface area contributed by atoms with Crippen molar-refractivity contribution >= 4 is 34.1 Å². The molecule has 12 heteroatoms. The van der Waals surface area contributed by atoms with E-state index in [1.807, 2.05) is 0 Å². The Hall–Kier alpha value is -3.12. The average molecular weight is 452 g/mol. The van der Waals surface area contributed by atoms with Gasteiger partial charge >= 0.3 is 6.18 Å². The number of halogens is 3. The van der Waals surface area contributed by atoms with Crippen molar-refractivity contribution in [1.82, 2.24) is 15.4 Å². The molecule has 3 aromatic heterocycles. The van der Waals surface area contributed by atoms with Crippen molar-refractivity contribution in [1.29, 1.82) is 0 Å². The first-order valence-corrected chi connectivity index (χ1v) is 10.1. The molecule has 3 heterocycles. The molecular formula is C18H11F3N4O3S2. The minimum absolute atomic E-state index is 0.0514. The van der Waals surface area contributed by atoms with Crippen LogP contribution in [0.25, 0.3) is 11.5 Å². The molecule has 1 aromatic carbocycles. The smallest absolute Gasteiger partial charge is 0.416 e. The lowest BCUT2D eigenvalue weighted by molar-refractivity contribution is -0.137. The number of hydrogen-bond acceptors (Lipinski definition) is 8. The number of nitrogens with zero attached hydrogens (tertiary/aromatic N) is 3. The summed E-state index contributed by atoms with van der Waals surface area (Å²) in [6.45, 7) is 0. The summed E-state index contributed by atoms with van der Waals surface area (Å²) in [5, 5.41) is 14.4. The summed E-state index contributed by atoms with van der Waals surface area (Å²) in [6, 6.07) is 9.71. The van der Waals surface area contributed by atoms with Gasteiger partial charge in [0.05, 0.1) is 11.8 Å². The van der Waals surface area contributed by atoms with E-state index in [4.69, 9.17) is 8.94 Å². The van der Waals surface area contributed by atoms with Crippen molar-refractivity contribution in [3.63, 3.8) is 0 Å². The summed E-state index contributed by atoms with van der Waals surface area (Å²) < 4.78 is 48.6. The molecule has 1 N–H and O–H groups in total. The van der Waals surface area contributed by atoms with E-state index in [-0.39, 0.29) is 10.8 Å². The van der Waals surface area contributed by atoms with Gasteiger partial charge in [0.25, 0.3) is 5.91 Å². The van der Waals surface area contributed by atoms with Crippen molar-refractivity contribution in [2.24, 2.45) is 0 Å². The van der Waals surface area contributed by atoms with Crippen LogP contribution in [0.5, 0.6) is 0 Å². The SMILES string of the molecule is O=C(Nc1nnc(SCc2ccc(C(F)(F)F)cc2)s1)c1cc(-c2ccco2)on1. The Kier molecular flexibility index (Phi) is 5.59. The molecule has 0 saturated carbocycles. The van der Waals surface area contributed by atoms with Crippen molar-refractivity contribution in [3.05, 3.63) is 65.5 Å². The summed E-state index contributed by atoms with van der Waals surface area (Å²) in [7, 11) is 0. The number of aromatic nitrogens is 3. The highest BCUT2D eigenvalue weighted by molar-refractivity contribution is 8.00. The Morgan fingerprint density at radius 2 is 1.93 bits per heavy atom. The van der Waals surface area contributed by atoms with Crippen LogP contribution in [0.1, 0.15) is 21.6 Å². The van der Waals surface area contributed by atoms with Crippen molar-refractivity contribution in [3.8, 4) is 11.5 Å². The average Bonchev–Trinajstić information content (AvgIpc) is 3.46. The standard InChI is InChI=1S/C18H11F3N4O3S2/c19-18(20,21)11-5-3-10(4-6-11)9-29-17-24-23-16(30-17)22-15(26)12-8-14(28-25-12)13-2-1-7-27-13/h1-8H,9H2,(H,22,23,26). The summed E-state index contributed by atoms with van der Waals surface area (Å²) in [4.78, 5) is 12.3. The van der Waals surface area contributed by atoms with Crippen LogP contribution < -0.4 is 5.32 Å². The van der Waals surface area contributed by atoms with Gasteiger partial charge in [-0.25, -0.2) is 0 Å². The van der Waals surface area contributed by atoms with Gasteiger partial charge in [0.1, 0.15) is 0 Å². The van der Waals surface area contributed by atoms with Gasteiger partial charge in [-0.3, -0.25) is 10.1 Å². The number of nitrogens with one attached hydrogen (secondary N) is 1. The lowest BCUT2D eigenvalue weighted by Crippen LogP contribution is -2.11. The third-order valence-electron chi connectivity index (χ3n) is 3.78. The molecular weight excluding hydrogens is 441 g/mol. The normalized spacial score (nSPS) is 11.6. The Labute approximate surface area is 175 Å². The lowest BCUT2D eigenvalue weighted by atomic mass is 10.1. The van der Waals surface area contributed by atoms with Crippen molar-refractivity contribution < 1.29 is 26.9 Å². The van der Waals surface area contributed by atoms with Gasteiger partial charge in [-0.1, -0.05) is 40.4 Å². The third-order valence-corrected chi connectivity index (χ3v) is 5.82. The topological polar surface area (TPSA) is 94.1 Å². The maximum Gasteiger partial charge on any atom is 0.416 e. The second kappa shape index (κ2) is 8.32. The number of anilines is 1. The highest BCUT2D eigenvalue weighted by atomic mass is 32.2. The van der Waals surface area contributed by atoms with Crippen LogP contribution in [0.3, 0.4) is 0 Å². The summed E-state index contributed by atoms with van der Waals surface area (Å²) >= 11 is 2.44. The van der Waals surface area contributed by atoms with E-state index in [1.165, 1.54) is 36.2 Å². The first-order chi connectivity index (χ1) is 14.4. The minimum Gasteiger partial charge on any atom is -0.461 e. The van der Waals surface area contributed by atoms with E-state index in [1.54, 1.807) is 12.1 Å². The molecule has 154 valence electrons. The van der Waals surface area contributed by atoms with E-state index in [0.29, 0.717) is 27.2 Å². The molecule has 0 bridgehead atoms. The molecule has 0 aliphatic carbocycles. The zero-order chi connectivity index (χ0) is 21.1. The Morgan fingerprint density at radius 1 is 1.13 bits per heavy atom. The molecule has 1 amide bonds. The van der Waals surface area contributed by atoms with Crippen molar-refractivity contribution in [2.45, 2.75) is 16.3 Å². The van der Waals surface area contributed by atoms with Gasteiger partial charge in [0.2, 0.25) is 10.9 Å². The Bertz CT molecular complexity index is 1140. The number of rotatable bonds is 6. The first kappa shape index (κ1) is 20.2. The first-order valence-electron chi connectivity index (χ1n) is 8.33. The number of amides is 1. The van der Waals surface area contributed by atoms with Crippen LogP contribution in [-0.4, -0.2) is 21.3 Å². The molecule has 0 aliphatic rings. The lowest BCUT2D eigenvalue weighted by Gasteiger charge is -2.06. The fourth-order valence-corrected chi connectivity index (χ4v) is 4.03. The largest absolute Gasteiger partial charge is 0.461 e. The molecule has 0 saturated heterocycles. The zero-order valence-corrected chi connectivity index (χ0v) is 16.5. The maximum atomic E-state index is 12.6. The molecule has 4 aromatic rings. The van der Waals surface area contributed by atoms with Crippen LogP contribution in [-0.2, 0) is 11.9 Å². The van der Waals surface area contributed by atoms with E-state index in [0.717, 1.165) is 23.5 Å². The van der Waals surface area contributed by atoms with Gasteiger partial charge in [-0.15, -0.1) is 10.2 Å².